The fourth-order valence-electron chi connectivity index (χ4n) is 3.24. The van der Waals surface area contributed by atoms with Crippen LogP contribution in [0.4, 0.5) is 11.4 Å². The molecule has 2 heterocycles. The van der Waals surface area contributed by atoms with Crippen molar-refractivity contribution in [1.82, 2.24) is 5.32 Å². The fourth-order valence-corrected chi connectivity index (χ4v) is 4.33. The van der Waals surface area contributed by atoms with Gasteiger partial charge in [-0.05, 0) is 60.5 Å². The summed E-state index contributed by atoms with van der Waals surface area (Å²) >= 11 is 7.41. The number of aryl methyl sites for hydroxylation is 1. The lowest BCUT2D eigenvalue weighted by atomic mass is 10.1. The minimum absolute atomic E-state index is 0.0981. The molecule has 2 aromatic carbocycles. The van der Waals surface area contributed by atoms with Crippen LogP contribution in [0.3, 0.4) is 0 Å². The number of nitrogens with zero attached hydrogens (tertiary/aromatic N) is 2. The van der Waals surface area contributed by atoms with Crippen molar-refractivity contribution in [2.24, 2.45) is 4.99 Å². The van der Waals surface area contributed by atoms with E-state index in [1.807, 2.05) is 12.1 Å². The highest BCUT2D eigenvalue weighted by Crippen LogP contribution is 2.34. The van der Waals surface area contributed by atoms with Crippen LogP contribution in [-0.2, 0) is 11.2 Å². The number of nitrogens with one attached hydrogen (secondary N) is 1. The molecule has 0 spiro atoms. The quantitative estimate of drug-likeness (QED) is 0.229. The van der Waals surface area contributed by atoms with Crippen LogP contribution in [0.2, 0.25) is 5.02 Å². The first kappa shape index (κ1) is 22.8. The van der Waals surface area contributed by atoms with E-state index in [9.17, 15) is 14.9 Å². The topological polar surface area (TPSA) is 97.7 Å². The molecule has 0 aliphatic carbocycles. The molecule has 0 bridgehead atoms. The first-order valence-electron chi connectivity index (χ1n) is 10.4. The predicted molar refractivity (Wildman–Crippen MR) is 132 cm³/mol. The fraction of sp³-hybridized carbons (Fsp3) is 0.167. The highest BCUT2D eigenvalue weighted by Gasteiger charge is 2.24. The molecule has 1 N–H and O–H groups in total. The molecule has 1 amide bonds. The van der Waals surface area contributed by atoms with Crippen molar-refractivity contribution in [1.29, 1.82) is 0 Å². The Balaban J connectivity index is 1.48. The molecule has 9 heteroatoms. The Bertz CT molecular complexity index is 1260. The molecule has 33 heavy (non-hydrogen) atoms. The number of carbonyl (C=O) groups is 1. The molecule has 0 saturated carbocycles. The smallest absolute Gasteiger partial charge is 0.270 e. The summed E-state index contributed by atoms with van der Waals surface area (Å²) in [7, 11) is 0. The van der Waals surface area contributed by atoms with Crippen molar-refractivity contribution in [3.63, 3.8) is 0 Å². The van der Waals surface area contributed by atoms with E-state index < -0.39 is 4.92 Å². The van der Waals surface area contributed by atoms with Crippen molar-refractivity contribution in [2.75, 3.05) is 0 Å². The second-order valence-electron chi connectivity index (χ2n) is 7.38. The van der Waals surface area contributed by atoms with Gasteiger partial charge < -0.3 is 9.73 Å². The van der Waals surface area contributed by atoms with Crippen molar-refractivity contribution in [3.05, 3.63) is 86.0 Å². The van der Waals surface area contributed by atoms with Crippen LogP contribution in [0.15, 0.2) is 68.9 Å². The van der Waals surface area contributed by atoms with E-state index in [4.69, 9.17) is 16.0 Å². The molecule has 7 nitrogen and oxygen atoms in total. The lowest BCUT2D eigenvalue weighted by molar-refractivity contribution is -0.384. The second-order valence-corrected chi connectivity index (χ2v) is 8.81. The maximum absolute atomic E-state index is 12.4. The van der Waals surface area contributed by atoms with Gasteiger partial charge in [0.15, 0.2) is 5.17 Å². The third-order valence-electron chi connectivity index (χ3n) is 4.97. The number of aliphatic imine (C=N–C) groups is 1. The van der Waals surface area contributed by atoms with Gasteiger partial charge in [-0.3, -0.25) is 14.9 Å². The van der Waals surface area contributed by atoms with Gasteiger partial charge in [0.2, 0.25) is 0 Å². The van der Waals surface area contributed by atoms with E-state index in [0.29, 0.717) is 27.2 Å². The standard InChI is InChI=1S/C24H20ClN3O4S/c1-2-3-4-15-5-7-16(8-6-15)26-24-27-23(29)22(33-24)14-18-10-12-21(32-18)19-11-9-17(28(30)31)13-20(19)25/h5-14H,2-4H2,1H3,(H,26,27,29)/b22-14+. The number of nitro groups is 1. The van der Waals surface area contributed by atoms with Gasteiger partial charge in [-0.2, -0.15) is 0 Å². The predicted octanol–water partition coefficient (Wildman–Crippen LogP) is 6.74. The van der Waals surface area contributed by atoms with E-state index in [1.54, 1.807) is 18.2 Å². The van der Waals surface area contributed by atoms with Gasteiger partial charge in [0.25, 0.3) is 11.6 Å². The van der Waals surface area contributed by atoms with Gasteiger partial charge in [-0.1, -0.05) is 37.1 Å². The third kappa shape index (κ3) is 5.53. The third-order valence-corrected chi connectivity index (χ3v) is 6.19. The van der Waals surface area contributed by atoms with E-state index in [0.717, 1.165) is 24.9 Å². The number of carbonyl (C=O) groups excluding carboxylic acids is 1. The number of amides is 1. The van der Waals surface area contributed by atoms with Gasteiger partial charge in [0.1, 0.15) is 11.5 Å². The number of rotatable bonds is 7. The lowest BCUT2D eigenvalue weighted by Gasteiger charge is -2.01. The minimum atomic E-state index is -0.510. The first-order chi connectivity index (χ1) is 15.9. The van der Waals surface area contributed by atoms with Crippen LogP contribution in [0.25, 0.3) is 17.4 Å². The Kier molecular flexibility index (Phi) is 6.96. The van der Waals surface area contributed by atoms with Gasteiger partial charge in [0, 0.05) is 23.8 Å². The monoisotopic (exact) mass is 481 g/mol. The van der Waals surface area contributed by atoms with Gasteiger partial charge in [-0.15, -0.1) is 0 Å². The molecule has 0 unspecified atom stereocenters. The summed E-state index contributed by atoms with van der Waals surface area (Å²) in [4.78, 5) is 27.7. The molecule has 3 aromatic rings. The summed E-state index contributed by atoms with van der Waals surface area (Å²) in [5.74, 6) is 0.644. The van der Waals surface area contributed by atoms with Gasteiger partial charge in [0.05, 0.1) is 20.5 Å². The van der Waals surface area contributed by atoms with Crippen LogP contribution < -0.4 is 5.32 Å². The number of amidine groups is 1. The zero-order valence-corrected chi connectivity index (χ0v) is 19.3. The summed E-state index contributed by atoms with van der Waals surface area (Å²) in [6.45, 7) is 2.17. The van der Waals surface area contributed by atoms with E-state index >= 15 is 0 Å². The Morgan fingerprint density at radius 1 is 1.18 bits per heavy atom. The number of non-ortho nitro benzene ring substituents is 1. The second kappa shape index (κ2) is 10.1. The SMILES string of the molecule is CCCCc1ccc(N=C2NC(=O)/C(=C\c3ccc(-c4ccc([N+](=O)[O-])cc4Cl)o3)S2)cc1. The molecule has 0 radical (unpaired) electrons. The Labute approximate surface area is 199 Å². The highest BCUT2D eigenvalue weighted by molar-refractivity contribution is 8.18. The molecular weight excluding hydrogens is 462 g/mol. The molecule has 4 rings (SSSR count). The highest BCUT2D eigenvalue weighted by atomic mass is 35.5. The van der Waals surface area contributed by atoms with E-state index in [-0.39, 0.29) is 16.6 Å². The number of thioether (sulfide) groups is 1. The summed E-state index contributed by atoms with van der Waals surface area (Å²) in [5.41, 5.74) is 2.47. The zero-order chi connectivity index (χ0) is 23.4. The summed E-state index contributed by atoms with van der Waals surface area (Å²) in [6, 6.07) is 15.6. The molecule has 1 aliphatic heterocycles. The maximum Gasteiger partial charge on any atom is 0.270 e. The molecule has 168 valence electrons. The van der Waals surface area contributed by atoms with Gasteiger partial charge in [-0.25, -0.2) is 4.99 Å². The number of hydrogen-bond acceptors (Lipinski definition) is 6. The number of hydrogen-bond donors (Lipinski definition) is 1. The van der Waals surface area contributed by atoms with E-state index in [2.05, 4.69) is 29.4 Å². The van der Waals surface area contributed by atoms with E-state index in [1.165, 1.54) is 35.5 Å². The van der Waals surface area contributed by atoms with Crippen molar-refractivity contribution in [2.45, 2.75) is 26.2 Å². The van der Waals surface area contributed by atoms with Crippen LogP contribution in [0.1, 0.15) is 31.1 Å². The normalized spacial score (nSPS) is 15.9. The molecule has 1 fully saturated rings. The molecule has 1 aliphatic rings. The van der Waals surface area contributed by atoms with Crippen molar-refractivity contribution < 1.29 is 14.1 Å². The molecular formula is C24H20ClN3O4S. The molecule has 1 aromatic heterocycles. The van der Waals surface area contributed by atoms with Crippen LogP contribution in [0, 0.1) is 10.1 Å². The van der Waals surface area contributed by atoms with Crippen molar-refractivity contribution >= 4 is 51.9 Å². The number of unbranched alkanes of at least 4 members (excludes halogenated alkanes) is 1. The zero-order valence-electron chi connectivity index (χ0n) is 17.7. The van der Waals surface area contributed by atoms with Crippen LogP contribution in [0.5, 0.6) is 0 Å². The number of benzene rings is 2. The lowest BCUT2D eigenvalue weighted by Crippen LogP contribution is -2.19. The van der Waals surface area contributed by atoms with Gasteiger partial charge >= 0.3 is 0 Å². The van der Waals surface area contributed by atoms with Crippen LogP contribution >= 0.6 is 23.4 Å². The summed E-state index contributed by atoms with van der Waals surface area (Å²) in [6.07, 6.45) is 4.97. The average molecular weight is 482 g/mol. The Hall–Kier alpha value is -3.36. The number of furan rings is 1. The average Bonchev–Trinajstić information content (AvgIpc) is 3.39. The minimum Gasteiger partial charge on any atom is -0.457 e. The molecule has 1 saturated heterocycles. The van der Waals surface area contributed by atoms with Crippen LogP contribution in [-0.4, -0.2) is 16.0 Å². The Morgan fingerprint density at radius 3 is 2.67 bits per heavy atom. The molecule has 0 atom stereocenters. The maximum atomic E-state index is 12.4. The largest absolute Gasteiger partial charge is 0.457 e. The number of nitro benzene ring substituents is 1. The summed E-state index contributed by atoms with van der Waals surface area (Å²) in [5, 5.41) is 14.4. The first-order valence-corrected chi connectivity index (χ1v) is 11.5. The number of halogens is 1. The Morgan fingerprint density at radius 2 is 1.97 bits per heavy atom. The van der Waals surface area contributed by atoms with Crippen molar-refractivity contribution in [3.8, 4) is 11.3 Å². The summed E-state index contributed by atoms with van der Waals surface area (Å²) < 4.78 is 5.80.